The number of carbonyl (C=O) groups excluding carboxylic acids is 1. The molecule has 2 rings (SSSR count). The first-order valence-electron chi connectivity index (χ1n) is 5.81. The molecule has 1 amide bonds. The van der Waals surface area contributed by atoms with Gasteiger partial charge in [-0.15, -0.1) is 0 Å². The molecule has 20 heavy (non-hydrogen) atoms. The SMILES string of the molecule is NC(=O)C1CCCN1S(=O)(=O)c1cc(N)cc(Cl)c1F. The van der Waals surface area contributed by atoms with Crippen LogP contribution in [0.25, 0.3) is 0 Å². The smallest absolute Gasteiger partial charge is 0.246 e. The number of carbonyl (C=O) groups is 1. The molecule has 0 aromatic heterocycles. The monoisotopic (exact) mass is 321 g/mol. The van der Waals surface area contributed by atoms with Crippen molar-refractivity contribution in [3.63, 3.8) is 0 Å². The van der Waals surface area contributed by atoms with Crippen LogP contribution in [0.3, 0.4) is 0 Å². The second-order valence-electron chi connectivity index (χ2n) is 4.49. The highest BCUT2D eigenvalue weighted by Crippen LogP contribution is 2.31. The molecular formula is C11H13ClFN3O3S. The number of amides is 1. The Hall–Kier alpha value is -1.38. The first kappa shape index (κ1) is 15.0. The maximum atomic E-state index is 13.9. The molecule has 1 aromatic rings. The topological polar surface area (TPSA) is 106 Å². The molecule has 4 N–H and O–H groups in total. The zero-order chi connectivity index (χ0) is 15.1. The third-order valence-corrected chi connectivity index (χ3v) is 5.32. The number of sulfonamides is 1. The van der Waals surface area contributed by atoms with E-state index in [1.165, 1.54) is 0 Å². The first-order valence-corrected chi connectivity index (χ1v) is 7.62. The number of nitrogens with zero attached hydrogens (tertiary/aromatic N) is 1. The van der Waals surface area contributed by atoms with Gasteiger partial charge in [-0.1, -0.05) is 11.6 Å². The molecule has 0 saturated carbocycles. The zero-order valence-electron chi connectivity index (χ0n) is 10.3. The lowest BCUT2D eigenvalue weighted by atomic mass is 10.2. The number of nitrogens with two attached hydrogens (primary N) is 2. The Morgan fingerprint density at radius 1 is 1.45 bits per heavy atom. The highest BCUT2D eigenvalue weighted by atomic mass is 35.5. The average Bonchev–Trinajstić information content (AvgIpc) is 2.83. The Morgan fingerprint density at radius 3 is 2.70 bits per heavy atom. The van der Waals surface area contributed by atoms with E-state index in [0.29, 0.717) is 12.8 Å². The Bertz CT molecular complexity index is 665. The second kappa shape index (κ2) is 5.19. The molecule has 1 fully saturated rings. The van der Waals surface area contributed by atoms with E-state index in [1.54, 1.807) is 0 Å². The average molecular weight is 322 g/mol. The van der Waals surface area contributed by atoms with Gasteiger partial charge in [0.25, 0.3) is 0 Å². The van der Waals surface area contributed by atoms with Crippen molar-refractivity contribution in [1.29, 1.82) is 0 Å². The summed E-state index contributed by atoms with van der Waals surface area (Å²) in [6.45, 7) is 0.0990. The number of hydrogen-bond donors (Lipinski definition) is 2. The van der Waals surface area contributed by atoms with Crippen molar-refractivity contribution in [1.82, 2.24) is 4.31 Å². The minimum Gasteiger partial charge on any atom is -0.399 e. The van der Waals surface area contributed by atoms with E-state index in [0.717, 1.165) is 16.4 Å². The molecule has 0 aliphatic carbocycles. The predicted octanol–water partition coefficient (Wildman–Crippen LogP) is 0.700. The van der Waals surface area contributed by atoms with E-state index in [-0.39, 0.29) is 12.2 Å². The largest absolute Gasteiger partial charge is 0.399 e. The summed E-state index contributed by atoms with van der Waals surface area (Å²) in [5.41, 5.74) is 10.7. The molecule has 1 unspecified atom stereocenters. The van der Waals surface area contributed by atoms with Gasteiger partial charge in [0, 0.05) is 12.2 Å². The fourth-order valence-corrected chi connectivity index (χ4v) is 4.28. The van der Waals surface area contributed by atoms with Crippen molar-refractivity contribution in [2.45, 2.75) is 23.8 Å². The van der Waals surface area contributed by atoms with Crippen LogP contribution in [-0.4, -0.2) is 31.2 Å². The molecule has 110 valence electrons. The molecular weight excluding hydrogens is 309 g/mol. The van der Waals surface area contributed by atoms with Gasteiger partial charge >= 0.3 is 0 Å². The molecule has 0 spiro atoms. The summed E-state index contributed by atoms with van der Waals surface area (Å²) in [5, 5.41) is -0.390. The number of primary amides is 1. The Kier molecular flexibility index (Phi) is 3.90. The molecule has 1 aromatic carbocycles. The summed E-state index contributed by atoms with van der Waals surface area (Å²) in [7, 11) is -4.22. The summed E-state index contributed by atoms with van der Waals surface area (Å²) in [6, 6.07) is 1.12. The van der Waals surface area contributed by atoms with Crippen LogP contribution in [0.1, 0.15) is 12.8 Å². The molecule has 1 heterocycles. The van der Waals surface area contributed by atoms with Gasteiger partial charge in [-0.3, -0.25) is 4.79 Å². The highest BCUT2D eigenvalue weighted by molar-refractivity contribution is 7.89. The number of hydrogen-bond acceptors (Lipinski definition) is 4. The molecule has 1 aliphatic rings. The van der Waals surface area contributed by atoms with Gasteiger partial charge in [0.15, 0.2) is 5.82 Å². The normalized spacial score (nSPS) is 20.2. The maximum Gasteiger partial charge on any atom is 0.246 e. The second-order valence-corrected chi connectivity index (χ2v) is 6.76. The van der Waals surface area contributed by atoms with E-state index in [9.17, 15) is 17.6 Å². The van der Waals surface area contributed by atoms with Crippen LogP contribution in [0.2, 0.25) is 5.02 Å². The van der Waals surface area contributed by atoms with Gasteiger partial charge < -0.3 is 11.5 Å². The van der Waals surface area contributed by atoms with E-state index in [4.69, 9.17) is 23.1 Å². The lowest BCUT2D eigenvalue weighted by Crippen LogP contribution is -2.43. The Morgan fingerprint density at radius 2 is 2.10 bits per heavy atom. The van der Waals surface area contributed by atoms with E-state index >= 15 is 0 Å². The molecule has 0 bridgehead atoms. The van der Waals surface area contributed by atoms with Crippen molar-refractivity contribution < 1.29 is 17.6 Å². The lowest BCUT2D eigenvalue weighted by molar-refractivity contribution is -0.121. The highest BCUT2D eigenvalue weighted by Gasteiger charge is 2.40. The third kappa shape index (κ3) is 2.46. The Balaban J connectivity index is 2.53. The van der Waals surface area contributed by atoms with Gasteiger partial charge in [-0.2, -0.15) is 4.31 Å². The molecule has 1 atom stereocenters. The number of halogens is 2. The number of benzene rings is 1. The summed E-state index contributed by atoms with van der Waals surface area (Å²) in [6.07, 6.45) is 0.788. The number of anilines is 1. The number of rotatable bonds is 3. The van der Waals surface area contributed by atoms with Gasteiger partial charge in [0.2, 0.25) is 15.9 Å². The van der Waals surface area contributed by atoms with Crippen LogP contribution < -0.4 is 11.5 Å². The van der Waals surface area contributed by atoms with Crippen LogP contribution in [0.5, 0.6) is 0 Å². The van der Waals surface area contributed by atoms with Gasteiger partial charge in [-0.25, -0.2) is 12.8 Å². The summed E-state index contributed by atoms with van der Waals surface area (Å²) in [4.78, 5) is 10.6. The zero-order valence-corrected chi connectivity index (χ0v) is 11.9. The third-order valence-electron chi connectivity index (χ3n) is 3.14. The lowest BCUT2D eigenvalue weighted by Gasteiger charge is -2.22. The van der Waals surface area contributed by atoms with Crippen molar-refractivity contribution in [3.05, 3.63) is 23.0 Å². The maximum absolute atomic E-state index is 13.9. The van der Waals surface area contributed by atoms with Gasteiger partial charge in [0.05, 0.1) is 5.02 Å². The molecule has 0 radical (unpaired) electrons. The van der Waals surface area contributed by atoms with Crippen molar-refractivity contribution >= 4 is 33.2 Å². The van der Waals surface area contributed by atoms with Crippen LogP contribution >= 0.6 is 11.6 Å². The minimum atomic E-state index is -4.22. The fourth-order valence-electron chi connectivity index (χ4n) is 2.21. The van der Waals surface area contributed by atoms with E-state index in [2.05, 4.69) is 0 Å². The van der Waals surface area contributed by atoms with Crippen LogP contribution in [0.15, 0.2) is 17.0 Å². The quantitative estimate of drug-likeness (QED) is 0.799. The van der Waals surface area contributed by atoms with Crippen LogP contribution in [0.4, 0.5) is 10.1 Å². The van der Waals surface area contributed by atoms with E-state index in [1.807, 2.05) is 0 Å². The van der Waals surface area contributed by atoms with E-state index < -0.39 is 37.7 Å². The molecule has 6 nitrogen and oxygen atoms in total. The number of nitrogen functional groups attached to an aromatic ring is 1. The minimum absolute atomic E-state index is 0.0183. The predicted molar refractivity (Wildman–Crippen MR) is 71.9 cm³/mol. The Labute approximate surface area is 120 Å². The van der Waals surface area contributed by atoms with Crippen molar-refractivity contribution in [2.75, 3.05) is 12.3 Å². The van der Waals surface area contributed by atoms with Crippen molar-refractivity contribution in [3.8, 4) is 0 Å². The first-order chi connectivity index (χ1) is 9.25. The van der Waals surface area contributed by atoms with Gasteiger partial charge in [-0.05, 0) is 25.0 Å². The fraction of sp³-hybridized carbons (Fsp3) is 0.364. The molecule has 9 heteroatoms. The standard InChI is InChI=1S/C11H13ClFN3O3S/c12-7-4-6(14)5-9(10(7)13)20(18,19)16-3-1-2-8(16)11(15)17/h4-5,8H,1-3,14H2,(H2,15,17). The molecule has 1 aliphatic heterocycles. The van der Waals surface area contributed by atoms with Crippen LogP contribution in [0, 0.1) is 5.82 Å². The summed E-state index contributed by atoms with van der Waals surface area (Å²) < 4.78 is 39.7. The van der Waals surface area contributed by atoms with Crippen LogP contribution in [-0.2, 0) is 14.8 Å². The molecule has 1 saturated heterocycles. The van der Waals surface area contributed by atoms with Crippen molar-refractivity contribution in [2.24, 2.45) is 5.73 Å². The summed E-state index contributed by atoms with van der Waals surface area (Å²) in [5.74, 6) is -1.85. The summed E-state index contributed by atoms with van der Waals surface area (Å²) >= 11 is 5.60. The van der Waals surface area contributed by atoms with Gasteiger partial charge in [0.1, 0.15) is 10.9 Å².